The van der Waals surface area contributed by atoms with E-state index in [1.807, 2.05) is 98.1 Å². The van der Waals surface area contributed by atoms with E-state index in [-0.39, 0.29) is 75.0 Å². The molecule has 0 spiro atoms. The Labute approximate surface area is 629 Å². The number of aliphatic hydroxyl groups excluding tert-OH is 3. The van der Waals surface area contributed by atoms with Crippen LogP contribution in [-0.4, -0.2) is 196 Å². The number of fused-ring (bicyclic) bond motifs is 2. The van der Waals surface area contributed by atoms with Crippen molar-refractivity contribution in [1.29, 1.82) is 0 Å². The van der Waals surface area contributed by atoms with Gasteiger partial charge in [-0.15, -0.1) is 15.3 Å². The average Bonchev–Trinajstić information content (AvgIpc) is 0.790. The molecule has 4 amide bonds. The molecule has 0 radical (unpaired) electrons. The first-order valence-electron chi connectivity index (χ1n) is 35.5. The third kappa shape index (κ3) is 22.8. The molecule has 6 aromatic rings. The molecule has 0 bridgehead atoms. The summed E-state index contributed by atoms with van der Waals surface area (Å²) < 4.78 is 43.7. The van der Waals surface area contributed by atoms with Crippen LogP contribution in [0.2, 0.25) is 0 Å². The number of aromatic nitrogens is 3. The maximum Gasteiger partial charge on any atom is 0.407 e. The molecule has 0 saturated carbocycles. The van der Waals surface area contributed by atoms with Crippen LogP contribution in [0.4, 0.5) is 44.6 Å². The number of hydrogen-bond acceptors (Lipinski definition) is 26. The van der Waals surface area contributed by atoms with Crippen molar-refractivity contribution in [3.05, 3.63) is 154 Å². The Morgan fingerprint density at radius 2 is 1.39 bits per heavy atom. The zero-order valence-corrected chi connectivity index (χ0v) is 62.5. The monoisotopic (exact) mass is 1500 g/mol. The summed E-state index contributed by atoms with van der Waals surface area (Å²) in [5, 5.41) is 94.6. The molecule has 7 N–H and O–H groups in total. The normalized spacial score (nSPS) is 16.1. The fourth-order valence-corrected chi connectivity index (χ4v) is 11.7. The van der Waals surface area contributed by atoms with E-state index in [4.69, 9.17) is 32.8 Å². The number of hydrogen-bond donors (Lipinski definition) is 7. The number of aliphatic hydroxyl groups is 3. The van der Waals surface area contributed by atoms with Gasteiger partial charge in [-0.3, -0.25) is 29.2 Å². The van der Waals surface area contributed by atoms with E-state index in [0.29, 0.717) is 119 Å². The molecule has 33 heteroatoms. The number of carbonyl (C=O) groups is 5. The SMILES string of the molecule is COc1cc(N=Nc2ccc([N+](=O)[O-])cc2)c(OC)cc1N=Nc1ccc(N(C)CCCC(=O)NCCCO[C@@H]2O[C@H](COCc3cn(CCCNC(=O)[C@H](CCCCNC(=O)OC(C)(C)C)NC(=O)c4ccc(-c5c6ccc(=[N+](C)C)cc-6oc6cc(N(C)C)ccc56)c(C(=O)[O-])c4)nn3)[C@@H](O)[C@H](O)[C@H]2O)cc1. The number of amides is 4. The van der Waals surface area contributed by atoms with Crippen molar-refractivity contribution in [2.75, 3.05) is 98.7 Å². The fourth-order valence-electron chi connectivity index (χ4n) is 11.7. The number of nitro groups is 1. The minimum absolute atomic E-state index is 0.0276. The van der Waals surface area contributed by atoms with Gasteiger partial charge in [0.2, 0.25) is 17.2 Å². The molecule has 3 heterocycles. The molecule has 9 rings (SSSR count). The summed E-state index contributed by atoms with van der Waals surface area (Å²) in [6, 6.07) is 30.7. The number of aromatic carboxylic acids is 1. The topological polar surface area (TPSA) is 419 Å². The maximum absolute atomic E-state index is 14.2. The predicted octanol–water partition coefficient (Wildman–Crippen LogP) is 7.78. The summed E-state index contributed by atoms with van der Waals surface area (Å²) in [5.41, 5.74) is 4.79. The van der Waals surface area contributed by atoms with Crippen LogP contribution in [0.25, 0.3) is 33.4 Å². The lowest BCUT2D eigenvalue weighted by molar-refractivity contribution is -0.384. The number of nitro benzene ring substituents is 1. The van der Waals surface area contributed by atoms with Crippen LogP contribution in [-0.2, 0) is 41.7 Å². The highest BCUT2D eigenvalue weighted by atomic mass is 16.7. The molecule has 2 aliphatic heterocycles. The first kappa shape index (κ1) is 81.7. The minimum atomic E-state index is -1.62. The van der Waals surface area contributed by atoms with Crippen molar-refractivity contribution in [2.24, 2.45) is 20.5 Å². The van der Waals surface area contributed by atoms with Crippen LogP contribution in [0.1, 0.15) is 92.1 Å². The second-order valence-corrected chi connectivity index (χ2v) is 27.3. The summed E-state index contributed by atoms with van der Waals surface area (Å²) in [6.45, 7) is 6.51. The first-order valence-corrected chi connectivity index (χ1v) is 35.5. The smallest absolute Gasteiger partial charge is 0.407 e. The number of aryl methyl sites for hydroxylation is 1. The number of alkyl carbamates (subject to hydrolysis) is 1. The molecule has 3 aliphatic rings. The lowest BCUT2D eigenvalue weighted by Crippen LogP contribution is -2.59. The molecule has 1 aromatic heterocycles. The maximum atomic E-state index is 14.2. The highest BCUT2D eigenvalue weighted by Gasteiger charge is 2.44. The molecule has 0 unspecified atom stereocenters. The molecule has 1 aliphatic carbocycles. The number of nitrogens with zero attached hydrogens (tertiary/aromatic N) is 11. The van der Waals surface area contributed by atoms with E-state index < -0.39 is 71.1 Å². The Bertz CT molecular complexity index is 4580. The number of azo groups is 2. The standard InChI is InChI=1S/C76H93N15O18/c1-76(2,3)109-75(100)79-32-12-11-16-58(80-71(96)46-18-29-54(57(38-46)73(98)99)67-55-30-27-52(87(4)5)39-61(55)107-62-40-53(88(6)7)28-31-56(62)67)72(97)78-33-14-36-90-43-49(83-86-90)44-105-45-65-68(93)69(94)70(95)74(108-65)106-37-15-34-77-66(92)17-13-35-89(8)50-23-19-47(20-24-50)81-84-59-41-64(104-10)60(42-63(59)103-9)85-82-48-21-25-51(26-22-48)91(101)102/h18-31,38-43,58,65,68-70,74,93-95H,11-17,32-37,44-45H2,1-10H3,(H4-,77,78,79,80,92,96,97,98,99,100)/t58-,65+,68+,69-,70+,74+/m0/s1. The molecule has 1 fully saturated rings. The van der Waals surface area contributed by atoms with E-state index in [0.717, 1.165) is 16.7 Å². The van der Waals surface area contributed by atoms with E-state index in [9.17, 15) is 54.5 Å². The summed E-state index contributed by atoms with van der Waals surface area (Å²) in [7, 11) is 12.5. The number of carboxylic acid groups (broad SMARTS) is 1. The number of carboxylic acids is 1. The van der Waals surface area contributed by atoms with Gasteiger partial charge in [-0.25, -0.2) is 9.37 Å². The van der Waals surface area contributed by atoms with Gasteiger partial charge in [0, 0.05) is 136 Å². The third-order valence-corrected chi connectivity index (χ3v) is 17.6. The molecule has 33 nitrogen and oxygen atoms in total. The van der Waals surface area contributed by atoms with Gasteiger partial charge in [-0.2, -0.15) is 10.2 Å². The number of nitrogens with one attached hydrogen (secondary N) is 4. The number of non-ortho nitro benzene ring substituents is 1. The number of benzene rings is 6. The molecular formula is C76H93N15O18. The lowest BCUT2D eigenvalue weighted by atomic mass is 9.89. The highest BCUT2D eigenvalue weighted by molar-refractivity contribution is 6.09. The van der Waals surface area contributed by atoms with E-state index in [2.05, 4.69) is 52.0 Å². The molecule has 5 aromatic carbocycles. The quantitative estimate of drug-likeness (QED) is 0.00492. The second-order valence-electron chi connectivity index (χ2n) is 27.3. The highest BCUT2D eigenvalue weighted by Crippen LogP contribution is 2.44. The molecular weight excluding hydrogens is 1410 g/mol. The van der Waals surface area contributed by atoms with Crippen LogP contribution in [0.3, 0.4) is 0 Å². The number of rotatable bonds is 36. The fraction of sp³-hybridized carbons (Fsp3) is 0.421. The summed E-state index contributed by atoms with van der Waals surface area (Å²) >= 11 is 0. The number of anilines is 2. The molecule has 1 saturated heterocycles. The van der Waals surface area contributed by atoms with Crippen molar-refractivity contribution >= 4 is 80.6 Å². The van der Waals surface area contributed by atoms with Crippen LogP contribution in [0.5, 0.6) is 11.5 Å². The number of ether oxygens (including phenoxy) is 6. The van der Waals surface area contributed by atoms with Crippen LogP contribution in [0, 0.1) is 10.1 Å². The summed E-state index contributed by atoms with van der Waals surface area (Å²) in [5.74, 6) is -1.69. The number of carbonyl (C=O) groups excluding carboxylic acids is 5. The van der Waals surface area contributed by atoms with Crippen LogP contribution in [0.15, 0.2) is 146 Å². The van der Waals surface area contributed by atoms with Crippen molar-refractivity contribution in [1.82, 2.24) is 40.8 Å². The second kappa shape index (κ2) is 38.4. The lowest BCUT2D eigenvalue weighted by Gasteiger charge is -2.40. The van der Waals surface area contributed by atoms with Crippen molar-refractivity contribution < 1.29 is 82.2 Å². The summed E-state index contributed by atoms with van der Waals surface area (Å²) in [6.07, 6.45) is -3.60. The van der Waals surface area contributed by atoms with Gasteiger partial charge < -0.3 is 89.1 Å². The third-order valence-electron chi connectivity index (χ3n) is 17.6. The van der Waals surface area contributed by atoms with Gasteiger partial charge in [-0.05, 0) is 132 Å². The van der Waals surface area contributed by atoms with E-state index in [1.54, 1.807) is 62.0 Å². The average molecular weight is 1500 g/mol. The zero-order chi connectivity index (χ0) is 78.5. The van der Waals surface area contributed by atoms with Crippen molar-refractivity contribution in [2.45, 2.75) is 121 Å². The van der Waals surface area contributed by atoms with Gasteiger partial charge in [0.25, 0.3) is 11.6 Å². The Kier molecular flexibility index (Phi) is 28.8. The van der Waals surface area contributed by atoms with Gasteiger partial charge in [0.15, 0.2) is 6.29 Å². The van der Waals surface area contributed by atoms with Gasteiger partial charge in [0.05, 0.1) is 68.6 Å². The summed E-state index contributed by atoms with van der Waals surface area (Å²) in [4.78, 5) is 80.8. The van der Waals surface area contributed by atoms with Crippen LogP contribution >= 0.6 is 0 Å². The molecule has 6 atom stereocenters. The van der Waals surface area contributed by atoms with E-state index >= 15 is 0 Å². The van der Waals surface area contributed by atoms with Crippen molar-refractivity contribution in [3.8, 4) is 33.9 Å². The van der Waals surface area contributed by atoms with Crippen LogP contribution < -0.4 is 55.6 Å². The Balaban J connectivity index is 0.699. The first-order chi connectivity index (χ1) is 52.2. The van der Waals surface area contributed by atoms with Crippen molar-refractivity contribution in [3.63, 3.8) is 0 Å². The minimum Gasteiger partial charge on any atom is -0.545 e. The Morgan fingerprint density at radius 1 is 0.734 bits per heavy atom. The van der Waals surface area contributed by atoms with E-state index in [1.165, 1.54) is 50.6 Å². The molecule has 109 heavy (non-hydrogen) atoms. The predicted molar refractivity (Wildman–Crippen MR) is 401 cm³/mol. The molecule has 580 valence electrons. The zero-order valence-electron chi connectivity index (χ0n) is 62.5. The number of unbranched alkanes of at least 4 members (excludes halogenated alkanes) is 1. The van der Waals surface area contributed by atoms with Gasteiger partial charge >= 0.3 is 6.09 Å². The van der Waals surface area contributed by atoms with Gasteiger partial charge in [0.1, 0.15) is 90.1 Å². The Hall–Kier alpha value is -11.4. The number of methoxy groups -OCH3 is 2. The van der Waals surface area contributed by atoms with Gasteiger partial charge in [-0.1, -0.05) is 11.3 Å². The largest absolute Gasteiger partial charge is 0.545 e. The Morgan fingerprint density at radius 3 is 2.05 bits per heavy atom.